The first-order valence-electron chi connectivity index (χ1n) is 9.81. The van der Waals surface area contributed by atoms with Crippen LogP contribution >= 0.6 is 0 Å². The molecule has 2 amide bonds. The van der Waals surface area contributed by atoms with Crippen LogP contribution in [-0.2, 0) is 16.1 Å². The molecule has 0 fully saturated rings. The van der Waals surface area contributed by atoms with Gasteiger partial charge in [0.05, 0.1) is 12.5 Å². The highest BCUT2D eigenvalue weighted by molar-refractivity contribution is 5.88. The topological polar surface area (TPSA) is 49.4 Å². The molecule has 0 saturated carbocycles. The van der Waals surface area contributed by atoms with Crippen LogP contribution < -0.4 is 5.32 Å². The zero-order chi connectivity index (χ0) is 20.5. The predicted octanol–water partition coefficient (Wildman–Crippen LogP) is 4.12. The van der Waals surface area contributed by atoms with Gasteiger partial charge >= 0.3 is 0 Å². The third kappa shape index (κ3) is 5.91. The zero-order valence-electron chi connectivity index (χ0n) is 16.8. The van der Waals surface area contributed by atoms with Crippen LogP contribution in [0.2, 0.25) is 0 Å². The molecule has 0 heterocycles. The van der Waals surface area contributed by atoms with Gasteiger partial charge < -0.3 is 10.2 Å². The number of hydrogen-bond acceptors (Lipinski definition) is 2. The van der Waals surface area contributed by atoms with E-state index in [2.05, 4.69) is 19.2 Å². The molecule has 150 valence electrons. The van der Waals surface area contributed by atoms with Gasteiger partial charge in [0, 0.05) is 13.1 Å². The van der Waals surface area contributed by atoms with Crippen molar-refractivity contribution in [2.75, 3.05) is 13.1 Å². The Labute approximate surface area is 166 Å². The van der Waals surface area contributed by atoms with E-state index in [1.54, 1.807) is 17.0 Å². The third-order valence-corrected chi connectivity index (χ3v) is 5.07. The van der Waals surface area contributed by atoms with Gasteiger partial charge in [0.15, 0.2) is 0 Å². The van der Waals surface area contributed by atoms with Gasteiger partial charge in [-0.15, -0.1) is 0 Å². The fourth-order valence-electron chi connectivity index (χ4n) is 3.18. The van der Waals surface area contributed by atoms with Gasteiger partial charge in [-0.05, 0) is 36.1 Å². The molecule has 0 aliphatic heterocycles. The minimum Gasteiger partial charge on any atom is -0.350 e. The van der Waals surface area contributed by atoms with Gasteiger partial charge in [0.25, 0.3) is 0 Å². The Morgan fingerprint density at radius 3 is 2.25 bits per heavy atom. The summed E-state index contributed by atoms with van der Waals surface area (Å²) in [5, 5.41) is 2.80. The number of likely N-dealkylation sites (N-methyl/N-ethyl adjacent to an activating group) is 1. The van der Waals surface area contributed by atoms with E-state index in [0.29, 0.717) is 13.1 Å². The number of carbonyl (C=O) groups is 2. The second kappa shape index (κ2) is 10.6. The lowest BCUT2D eigenvalue weighted by molar-refractivity contribution is -0.138. The van der Waals surface area contributed by atoms with Crippen LogP contribution in [0.5, 0.6) is 0 Å². The summed E-state index contributed by atoms with van der Waals surface area (Å²) in [6, 6.07) is 15.7. The fourth-order valence-corrected chi connectivity index (χ4v) is 3.18. The maximum Gasteiger partial charge on any atom is 0.239 e. The molecule has 0 aliphatic rings. The summed E-state index contributed by atoms with van der Waals surface area (Å²) in [6.07, 6.45) is 0.875. The second-order valence-corrected chi connectivity index (χ2v) is 7.03. The summed E-state index contributed by atoms with van der Waals surface area (Å²) in [6.45, 7) is 6.79. The van der Waals surface area contributed by atoms with Crippen molar-refractivity contribution in [3.63, 3.8) is 0 Å². The minimum atomic E-state index is -0.310. The Morgan fingerprint density at radius 2 is 1.68 bits per heavy atom. The molecule has 0 spiro atoms. The van der Waals surface area contributed by atoms with Crippen molar-refractivity contribution in [3.8, 4) is 0 Å². The van der Waals surface area contributed by atoms with Crippen molar-refractivity contribution >= 4 is 11.8 Å². The fraction of sp³-hybridized carbons (Fsp3) is 0.391. The standard InChI is InChI=1S/C23H29FN2O2/c1-4-17(3)22(19-9-7-6-8-10-19)23(28)26(5-2)16-21(27)25-15-18-11-13-20(24)14-12-18/h6-14,17,22H,4-5,15-16H2,1-3H3,(H,25,27). The third-order valence-electron chi connectivity index (χ3n) is 5.07. The van der Waals surface area contributed by atoms with Gasteiger partial charge in [0.2, 0.25) is 11.8 Å². The van der Waals surface area contributed by atoms with Gasteiger partial charge in [-0.2, -0.15) is 0 Å². The molecule has 0 saturated heterocycles. The van der Waals surface area contributed by atoms with Crippen LogP contribution in [0.3, 0.4) is 0 Å². The van der Waals surface area contributed by atoms with Crippen molar-refractivity contribution in [1.29, 1.82) is 0 Å². The van der Waals surface area contributed by atoms with Crippen molar-refractivity contribution in [2.45, 2.75) is 39.7 Å². The Morgan fingerprint density at radius 1 is 1.04 bits per heavy atom. The number of nitrogens with zero attached hydrogens (tertiary/aromatic N) is 1. The van der Waals surface area contributed by atoms with E-state index in [4.69, 9.17) is 0 Å². The monoisotopic (exact) mass is 384 g/mol. The molecule has 0 bridgehead atoms. The molecule has 0 radical (unpaired) electrons. The van der Waals surface area contributed by atoms with Gasteiger partial charge in [-0.1, -0.05) is 62.7 Å². The van der Waals surface area contributed by atoms with E-state index in [-0.39, 0.29) is 36.0 Å². The van der Waals surface area contributed by atoms with E-state index in [1.807, 2.05) is 37.3 Å². The molecular formula is C23H29FN2O2. The number of carbonyl (C=O) groups excluding carboxylic acids is 2. The normalized spacial score (nSPS) is 12.9. The average Bonchev–Trinajstić information content (AvgIpc) is 2.72. The van der Waals surface area contributed by atoms with Gasteiger partial charge in [-0.25, -0.2) is 4.39 Å². The lowest BCUT2D eigenvalue weighted by Crippen LogP contribution is -2.43. The summed E-state index contributed by atoms with van der Waals surface area (Å²) in [4.78, 5) is 27.2. The summed E-state index contributed by atoms with van der Waals surface area (Å²) < 4.78 is 13.0. The largest absolute Gasteiger partial charge is 0.350 e. The molecule has 2 aromatic carbocycles. The molecule has 0 aromatic heterocycles. The first kappa shape index (κ1) is 21.6. The molecule has 5 heteroatoms. The van der Waals surface area contributed by atoms with Crippen LogP contribution in [0, 0.1) is 11.7 Å². The highest BCUT2D eigenvalue weighted by Gasteiger charge is 2.30. The van der Waals surface area contributed by atoms with Crippen LogP contribution in [0.4, 0.5) is 4.39 Å². The molecule has 28 heavy (non-hydrogen) atoms. The number of rotatable bonds is 9. The van der Waals surface area contributed by atoms with Crippen molar-refractivity contribution in [2.24, 2.45) is 5.92 Å². The summed E-state index contributed by atoms with van der Waals surface area (Å²) in [5.41, 5.74) is 1.79. The maximum absolute atomic E-state index is 13.2. The molecule has 2 atom stereocenters. The van der Waals surface area contributed by atoms with Crippen LogP contribution in [0.25, 0.3) is 0 Å². The maximum atomic E-state index is 13.2. The van der Waals surface area contributed by atoms with Crippen LogP contribution in [0.15, 0.2) is 54.6 Å². The smallest absolute Gasteiger partial charge is 0.239 e. The van der Waals surface area contributed by atoms with Crippen molar-refractivity contribution in [1.82, 2.24) is 10.2 Å². The number of halogens is 1. The highest BCUT2D eigenvalue weighted by Crippen LogP contribution is 2.29. The van der Waals surface area contributed by atoms with Crippen LogP contribution in [-0.4, -0.2) is 29.8 Å². The quantitative estimate of drug-likeness (QED) is 0.707. The van der Waals surface area contributed by atoms with Crippen molar-refractivity contribution in [3.05, 3.63) is 71.5 Å². The first-order valence-corrected chi connectivity index (χ1v) is 9.81. The Hall–Kier alpha value is -2.69. The lowest BCUT2D eigenvalue weighted by atomic mass is 9.84. The van der Waals surface area contributed by atoms with Gasteiger partial charge in [0.1, 0.15) is 5.82 Å². The van der Waals surface area contributed by atoms with E-state index >= 15 is 0 Å². The molecule has 2 aromatic rings. The van der Waals surface area contributed by atoms with Crippen molar-refractivity contribution < 1.29 is 14.0 Å². The Balaban J connectivity index is 2.03. The Bertz CT molecular complexity index is 762. The number of hydrogen-bond donors (Lipinski definition) is 1. The number of nitrogens with one attached hydrogen (secondary N) is 1. The van der Waals surface area contributed by atoms with E-state index in [1.165, 1.54) is 12.1 Å². The molecule has 2 rings (SSSR count). The summed E-state index contributed by atoms with van der Waals surface area (Å²) in [7, 11) is 0. The lowest BCUT2D eigenvalue weighted by Gasteiger charge is -2.29. The molecular weight excluding hydrogens is 355 g/mol. The van der Waals surface area contributed by atoms with E-state index in [9.17, 15) is 14.0 Å². The highest BCUT2D eigenvalue weighted by atomic mass is 19.1. The molecule has 1 N–H and O–H groups in total. The number of benzene rings is 2. The summed E-state index contributed by atoms with van der Waals surface area (Å²) in [5.74, 6) is -0.660. The van der Waals surface area contributed by atoms with Crippen LogP contribution in [0.1, 0.15) is 44.2 Å². The molecule has 4 nitrogen and oxygen atoms in total. The first-order chi connectivity index (χ1) is 13.5. The Kier molecular flexibility index (Phi) is 8.18. The summed E-state index contributed by atoms with van der Waals surface area (Å²) >= 11 is 0. The minimum absolute atomic E-state index is 0.0102. The molecule has 2 unspecified atom stereocenters. The zero-order valence-corrected chi connectivity index (χ0v) is 16.8. The average molecular weight is 384 g/mol. The van der Waals surface area contributed by atoms with E-state index in [0.717, 1.165) is 17.5 Å². The second-order valence-electron chi connectivity index (χ2n) is 7.03. The SMILES string of the molecule is CCC(C)C(C(=O)N(CC)CC(=O)NCc1ccc(F)cc1)c1ccccc1. The van der Waals surface area contributed by atoms with Gasteiger partial charge in [-0.3, -0.25) is 9.59 Å². The number of amides is 2. The molecule has 0 aliphatic carbocycles. The predicted molar refractivity (Wildman–Crippen MR) is 109 cm³/mol. The van der Waals surface area contributed by atoms with E-state index < -0.39 is 0 Å².